The molecule has 4 nitrogen and oxygen atoms in total. The standard InChI is InChI=1S/C25H21FN4/c1-17-11-22(9-10-29-17)24-8-3-19(12-25(24)26)13-30-18(2)20-4-6-21(7-5-20)23-14-27-16-28-15-23/h3-12,14-16,30H,2,13H2,1H3. The van der Waals surface area contributed by atoms with Crippen molar-refractivity contribution in [2.45, 2.75) is 13.5 Å². The highest BCUT2D eigenvalue weighted by molar-refractivity contribution is 5.68. The molecule has 2 heterocycles. The Morgan fingerprint density at radius 1 is 0.933 bits per heavy atom. The molecule has 4 rings (SSSR count). The Bertz CT molecular complexity index is 1170. The van der Waals surface area contributed by atoms with Gasteiger partial charge in [-0.1, -0.05) is 43.0 Å². The summed E-state index contributed by atoms with van der Waals surface area (Å²) in [5, 5.41) is 3.27. The molecule has 0 aliphatic rings. The van der Waals surface area contributed by atoms with Gasteiger partial charge in [-0.25, -0.2) is 14.4 Å². The topological polar surface area (TPSA) is 50.7 Å². The highest BCUT2D eigenvalue weighted by atomic mass is 19.1. The first-order valence-corrected chi connectivity index (χ1v) is 9.60. The Balaban J connectivity index is 1.42. The Morgan fingerprint density at radius 3 is 2.40 bits per heavy atom. The predicted molar refractivity (Wildman–Crippen MR) is 118 cm³/mol. The number of pyridine rings is 1. The van der Waals surface area contributed by atoms with Crippen LogP contribution in [0.25, 0.3) is 28.0 Å². The molecule has 0 radical (unpaired) electrons. The normalized spacial score (nSPS) is 10.6. The van der Waals surface area contributed by atoms with E-state index in [9.17, 15) is 4.39 Å². The van der Waals surface area contributed by atoms with E-state index in [0.29, 0.717) is 12.1 Å². The molecule has 2 aromatic carbocycles. The van der Waals surface area contributed by atoms with E-state index in [1.165, 1.54) is 6.33 Å². The van der Waals surface area contributed by atoms with Crippen molar-refractivity contribution in [3.63, 3.8) is 0 Å². The largest absolute Gasteiger partial charge is 0.381 e. The van der Waals surface area contributed by atoms with Crippen LogP contribution in [0.5, 0.6) is 0 Å². The number of hydrogen-bond acceptors (Lipinski definition) is 4. The van der Waals surface area contributed by atoms with Crippen LogP contribution < -0.4 is 5.32 Å². The third-order valence-corrected chi connectivity index (χ3v) is 4.87. The summed E-state index contributed by atoms with van der Waals surface area (Å²) in [6, 6.07) is 17.0. The smallest absolute Gasteiger partial charge is 0.131 e. The van der Waals surface area contributed by atoms with E-state index >= 15 is 0 Å². The fraction of sp³-hybridized carbons (Fsp3) is 0.0800. The minimum Gasteiger partial charge on any atom is -0.381 e. The highest BCUT2D eigenvalue weighted by Gasteiger charge is 2.08. The molecule has 1 N–H and O–H groups in total. The van der Waals surface area contributed by atoms with Crippen molar-refractivity contribution in [2.75, 3.05) is 0 Å². The number of nitrogens with zero attached hydrogens (tertiary/aromatic N) is 3. The molecule has 0 bridgehead atoms. The van der Waals surface area contributed by atoms with Crippen molar-refractivity contribution in [3.8, 4) is 22.3 Å². The van der Waals surface area contributed by atoms with E-state index in [1.54, 1.807) is 30.7 Å². The summed E-state index contributed by atoms with van der Waals surface area (Å²) in [6.07, 6.45) is 6.76. The number of rotatable bonds is 6. The van der Waals surface area contributed by atoms with Gasteiger partial charge in [0, 0.05) is 47.7 Å². The van der Waals surface area contributed by atoms with E-state index in [-0.39, 0.29) is 5.82 Å². The van der Waals surface area contributed by atoms with Crippen LogP contribution in [0.4, 0.5) is 4.39 Å². The van der Waals surface area contributed by atoms with Gasteiger partial charge in [-0.05, 0) is 47.4 Å². The molecule has 30 heavy (non-hydrogen) atoms. The van der Waals surface area contributed by atoms with Crippen molar-refractivity contribution < 1.29 is 4.39 Å². The zero-order chi connectivity index (χ0) is 20.9. The molecule has 148 valence electrons. The van der Waals surface area contributed by atoms with E-state index in [0.717, 1.165) is 39.2 Å². The van der Waals surface area contributed by atoms with Gasteiger partial charge in [0.1, 0.15) is 12.1 Å². The molecule has 0 fully saturated rings. The zero-order valence-electron chi connectivity index (χ0n) is 16.6. The fourth-order valence-electron chi connectivity index (χ4n) is 3.24. The first-order chi connectivity index (χ1) is 14.6. The fourth-order valence-corrected chi connectivity index (χ4v) is 3.24. The summed E-state index contributed by atoms with van der Waals surface area (Å²) in [6.45, 7) is 6.48. The van der Waals surface area contributed by atoms with Gasteiger partial charge in [-0.15, -0.1) is 0 Å². The van der Waals surface area contributed by atoms with Gasteiger partial charge in [0.15, 0.2) is 0 Å². The average molecular weight is 396 g/mol. The van der Waals surface area contributed by atoms with Gasteiger partial charge in [-0.2, -0.15) is 0 Å². The van der Waals surface area contributed by atoms with Gasteiger partial charge in [0.05, 0.1) is 0 Å². The van der Waals surface area contributed by atoms with Crippen LogP contribution in [-0.2, 0) is 6.54 Å². The molecule has 2 aromatic heterocycles. The molecule has 0 aliphatic carbocycles. The first-order valence-electron chi connectivity index (χ1n) is 9.60. The molecule has 0 spiro atoms. The lowest BCUT2D eigenvalue weighted by Gasteiger charge is -2.12. The number of aromatic nitrogens is 3. The van der Waals surface area contributed by atoms with Crippen LogP contribution in [0.15, 0.2) is 86.1 Å². The second-order valence-corrected chi connectivity index (χ2v) is 7.04. The summed E-state index contributed by atoms with van der Waals surface area (Å²) >= 11 is 0. The minimum atomic E-state index is -0.250. The predicted octanol–water partition coefficient (Wildman–Crippen LogP) is 5.41. The van der Waals surface area contributed by atoms with Crippen LogP contribution >= 0.6 is 0 Å². The maximum absolute atomic E-state index is 14.6. The zero-order valence-corrected chi connectivity index (χ0v) is 16.6. The Labute approximate surface area is 175 Å². The summed E-state index contributed by atoms with van der Waals surface area (Å²) in [7, 11) is 0. The van der Waals surface area contributed by atoms with E-state index in [2.05, 4.69) is 26.8 Å². The Morgan fingerprint density at radius 2 is 1.70 bits per heavy atom. The summed E-state index contributed by atoms with van der Waals surface area (Å²) in [5.41, 5.74) is 6.86. The molecule has 0 amide bonds. The second-order valence-electron chi connectivity index (χ2n) is 7.04. The van der Waals surface area contributed by atoms with Gasteiger partial charge < -0.3 is 5.32 Å². The van der Waals surface area contributed by atoms with Crippen LogP contribution in [0.2, 0.25) is 0 Å². The third-order valence-electron chi connectivity index (χ3n) is 4.87. The maximum atomic E-state index is 14.6. The van der Waals surface area contributed by atoms with E-state index in [4.69, 9.17) is 0 Å². The van der Waals surface area contributed by atoms with Crippen LogP contribution in [0.1, 0.15) is 16.8 Å². The van der Waals surface area contributed by atoms with Crippen molar-refractivity contribution >= 4 is 5.70 Å². The minimum absolute atomic E-state index is 0.250. The highest BCUT2D eigenvalue weighted by Crippen LogP contribution is 2.24. The quantitative estimate of drug-likeness (QED) is 0.473. The molecule has 0 saturated carbocycles. The number of halogens is 1. The maximum Gasteiger partial charge on any atom is 0.131 e. The van der Waals surface area contributed by atoms with Crippen molar-refractivity contribution in [1.29, 1.82) is 0 Å². The Hall–Kier alpha value is -3.86. The van der Waals surface area contributed by atoms with E-state index < -0.39 is 0 Å². The van der Waals surface area contributed by atoms with Crippen molar-refractivity contribution in [2.24, 2.45) is 0 Å². The first kappa shape index (κ1) is 19.5. The van der Waals surface area contributed by atoms with Crippen molar-refractivity contribution in [3.05, 3.63) is 109 Å². The van der Waals surface area contributed by atoms with E-state index in [1.807, 2.05) is 49.4 Å². The van der Waals surface area contributed by atoms with Crippen molar-refractivity contribution in [1.82, 2.24) is 20.3 Å². The Kier molecular flexibility index (Phi) is 5.61. The lowest BCUT2D eigenvalue weighted by atomic mass is 10.0. The van der Waals surface area contributed by atoms with Crippen LogP contribution in [0, 0.1) is 12.7 Å². The van der Waals surface area contributed by atoms with Crippen LogP contribution in [-0.4, -0.2) is 15.0 Å². The molecular weight excluding hydrogens is 375 g/mol. The van der Waals surface area contributed by atoms with Gasteiger partial charge in [-0.3, -0.25) is 4.98 Å². The number of nitrogens with one attached hydrogen (secondary N) is 1. The molecular formula is C25H21FN4. The summed E-state index contributed by atoms with van der Waals surface area (Å²) in [4.78, 5) is 12.3. The van der Waals surface area contributed by atoms with Crippen LogP contribution in [0.3, 0.4) is 0 Å². The molecule has 4 aromatic rings. The molecule has 5 heteroatoms. The summed E-state index contributed by atoms with van der Waals surface area (Å²) < 4.78 is 14.6. The monoisotopic (exact) mass is 396 g/mol. The second kappa shape index (κ2) is 8.66. The number of hydrogen-bond donors (Lipinski definition) is 1. The SMILES string of the molecule is C=C(NCc1ccc(-c2ccnc(C)c2)c(F)c1)c1ccc(-c2cncnc2)cc1. The lowest BCUT2D eigenvalue weighted by molar-refractivity contribution is 0.628. The average Bonchev–Trinajstić information content (AvgIpc) is 2.78. The molecule has 0 saturated heterocycles. The van der Waals surface area contributed by atoms with Gasteiger partial charge >= 0.3 is 0 Å². The summed E-state index contributed by atoms with van der Waals surface area (Å²) in [5.74, 6) is -0.250. The van der Waals surface area contributed by atoms with Gasteiger partial charge in [0.25, 0.3) is 0 Å². The lowest BCUT2D eigenvalue weighted by Crippen LogP contribution is -2.11. The number of aryl methyl sites for hydroxylation is 1. The van der Waals surface area contributed by atoms with Gasteiger partial charge in [0.2, 0.25) is 0 Å². The third kappa shape index (κ3) is 4.41. The molecule has 0 unspecified atom stereocenters. The number of benzene rings is 2. The molecule has 0 aliphatic heterocycles. The molecule has 0 atom stereocenters.